The van der Waals surface area contributed by atoms with Crippen LogP contribution in [-0.2, 0) is 6.54 Å². The van der Waals surface area contributed by atoms with Crippen LogP contribution in [0.15, 0.2) is 18.2 Å². The summed E-state index contributed by atoms with van der Waals surface area (Å²) in [7, 11) is 0. The highest BCUT2D eigenvalue weighted by Gasteiger charge is 2.09. The van der Waals surface area contributed by atoms with E-state index in [1.54, 1.807) is 0 Å². The average molecular weight is 309 g/mol. The van der Waals surface area contributed by atoms with Gasteiger partial charge in [0.25, 0.3) is 0 Å². The molecule has 1 aromatic carbocycles. The van der Waals surface area contributed by atoms with Crippen LogP contribution in [0.2, 0.25) is 10.3 Å². The smallest absolute Gasteiger partial charge is 0.154 e. The molecule has 0 saturated carbocycles. The molecule has 0 unspecified atom stereocenters. The molecule has 20 heavy (non-hydrogen) atoms. The standard InChI is InChI=1S/C16H18Cl2N2/c1-9-5-10(2)13(11(3)6-9)8-19-15-12(4)7-14(17)20-16(15)18/h5-7,19H,8H2,1-4H3. The fraction of sp³-hybridized carbons (Fsp3) is 0.312. The number of halogens is 2. The Morgan fingerprint density at radius 2 is 1.55 bits per heavy atom. The molecule has 4 heteroatoms. The molecular weight excluding hydrogens is 291 g/mol. The average Bonchev–Trinajstić information content (AvgIpc) is 2.30. The summed E-state index contributed by atoms with van der Waals surface area (Å²) in [5, 5.41) is 4.20. The van der Waals surface area contributed by atoms with Gasteiger partial charge < -0.3 is 5.32 Å². The maximum atomic E-state index is 6.15. The summed E-state index contributed by atoms with van der Waals surface area (Å²) in [5.41, 5.74) is 6.98. The molecule has 2 nitrogen and oxygen atoms in total. The lowest BCUT2D eigenvalue weighted by molar-refractivity contribution is 1.07. The number of aromatic nitrogens is 1. The molecule has 1 heterocycles. The minimum Gasteiger partial charge on any atom is -0.378 e. The van der Waals surface area contributed by atoms with Crippen molar-refractivity contribution in [1.29, 1.82) is 0 Å². The van der Waals surface area contributed by atoms with Crippen molar-refractivity contribution in [3.63, 3.8) is 0 Å². The van der Waals surface area contributed by atoms with E-state index in [0.717, 1.165) is 17.8 Å². The Morgan fingerprint density at radius 1 is 0.950 bits per heavy atom. The summed E-state index contributed by atoms with van der Waals surface area (Å²) in [4.78, 5) is 4.07. The molecule has 1 aromatic heterocycles. The third kappa shape index (κ3) is 3.25. The van der Waals surface area contributed by atoms with Crippen molar-refractivity contribution >= 4 is 28.9 Å². The van der Waals surface area contributed by atoms with Crippen molar-refractivity contribution in [2.75, 3.05) is 5.32 Å². The molecular formula is C16H18Cl2N2. The quantitative estimate of drug-likeness (QED) is 0.785. The second-order valence-corrected chi connectivity index (χ2v) is 5.90. The van der Waals surface area contributed by atoms with Crippen LogP contribution in [-0.4, -0.2) is 4.98 Å². The fourth-order valence-electron chi connectivity index (χ4n) is 2.47. The lowest BCUT2D eigenvalue weighted by Gasteiger charge is -2.15. The van der Waals surface area contributed by atoms with Gasteiger partial charge in [-0.05, 0) is 56.0 Å². The molecule has 0 atom stereocenters. The van der Waals surface area contributed by atoms with E-state index >= 15 is 0 Å². The molecule has 2 aromatic rings. The molecule has 106 valence electrons. The van der Waals surface area contributed by atoms with E-state index in [-0.39, 0.29) is 0 Å². The number of hydrogen-bond donors (Lipinski definition) is 1. The third-order valence-electron chi connectivity index (χ3n) is 3.42. The van der Waals surface area contributed by atoms with Gasteiger partial charge in [0.05, 0.1) is 5.69 Å². The maximum absolute atomic E-state index is 6.15. The van der Waals surface area contributed by atoms with E-state index in [1.165, 1.54) is 22.3 Å². The number of anilines is 1. The SMILES string of the molecule is Cc1cc(C)c(CNc2c(C)cc(Cl)nc2Cl)c(C)c1. The van der Waals surface area contributed by atoms with Gasteiger partial charge in [0.1, 0.15) is 5.15 Å². The van der Waals surface area contributed by atoms with Crippen molar-refractivity contribution in [1.82, 2.24) is 4.98 Å². The molecule has 0 aliphatic heterocycles. The van der Waals surface area contributed by atoms with Crippen LogP contribution < -0.4 is 5.32 Å². The number of hydrogen-bond acceptors (Lipinski definition) is 2. The van der Waals surface area contributed by atoms with Crippen molar-refractivity contribution in [2.24, 2.45) is 0 Å². The van der Waals surface area contributed by atoms with Gasteiger partial charge in [-0.1, -0.05) is 40.9 Å². The number of nitrogens with one attached hydrogen (secondary N) is 1. The molecule has 0 aliphatic rings. The van der Waals surface area contributed by atoms with Crippen molar-refractivity contribution < 1.29 is 0 Å². The van der Waals surface area contributed by atoms with Crippen LogP contribution in [0.3, 0.4) is 0 Å². The van der Waals surface area contributed by atoms with Crippen molar-refractivity contribution in [3.8, 4) is 0 Å². The minimum absolute atomic E-state index is 0.414. The lowest BCUT2D eigenvalue weighted by atomic mass is 10.00. The summed E-state index contributed by atoms with van der Waals surface area (Å²) in [6, 6.07) is 6.20. The van der Waals surface area contributed by atoms with Gasteiger partial charge in [-0.15, -0.1) is 0 Å². The zero-order valence-electron chi connectivity index (χ0n) is 12.1. The number of nitrogens with zero attached hydrogens (tertiary/aromatic N) is 1. The summed E-state index contributed by atoms with van der Waals surface area (Å²) in [6.45, 7) is 9.07. The summed E-state index contributed by atoms with van der Waals surface area (Å²) < 4.78 is 0. The zero-order chi connectivity index (χ0) is 14.9. The number of aryl methyl sites for hydroxylation is 4. The van der Waals surface area contributed by atoms with Crippen LogP contribution in [0.4, 0.5) is 5.69 Å². The van der Waals surface area contributed by atoms with Crippen molar-refractivity contribution in [3.05, 3.63) is 56.3 Å². The Kier molecular flexibility index (Phi) is 4.56. The molecule has 0 radical (unpaired) electrons. The fourth-order valence-corrected chi connectivity index (χ4v) is 3.07. The van der Waals surface area contributed by atoms with Crippen LogP contribution in [0.25, 0.3) is 0 Å². The number of pyridine rings is 1. The highest BCUT2D eigenvalue weighted by molar-refractivity contribution is 6.34. The molecule has 1 N–H and O–H groups in total. The predicted octanol–water partition coefficient (Wildman–Crippen LogP) is 5.23. The van der Waals surface area contributed by atoms with Crippen LogP contribution in [0.5, 0.6) is 0 Å². The Hall–Kier alpha value is -1.25. The molecule has 0 amide bonds. The highest BCUT2D eigenvalue weighted by Crippen LogP contribution is 2.27. The third-order valence-corrected chi connectivity index (χ3v) is 3.89. The Balaban J connectivity index is 2.26. The number of benzene rings is 1. The summed E-state index contributed by atoms with van der Waals surface area (Å²) in [5.74, 6) is 0. The van der Waals surface area contributed by atoms with Crippen LogP contribution in [0.1, 0.15) is 27.8 Å². The largest absolute Gasteiger partial charge is 0.378 e. The first kappa shape index (κ1) is 15.1. The van der Waals surface area contributed by atoms with E-state index in [4.69, 9.17) is 23.2 Å². The normalized spacial score (nSPS) is 10.7. The Morgan fingerprint density at radius 3 is 2.10 bits per heavy atom. The lowest BCUT2D eigenvalue weighted by Crippen LogP contribution is -2.06. The van der Waals surface area contributed by atoms with E-state index < -0.39 is 0 Å². The maximum Gasteiger partial charge on any atom is 0.154 e. The van der Waals surface area contributed by atoms with Gasteiger partial charge >= 0.3 is 0 Å². The van der Waals surface area contributed by atoms with Gasteiger partial charge in [-0.3, -0.25) is 0 Å². The van der Waals surface area contributed by atoms with Crippen molar-refractivity contribution in [2.45, 2.75) is 34.2 Å². The first-order valence-corrected chi connectivity index (χ1v) is 7.27. The van der Waals surface area contributed by atoms with Gasteiger partial charge in [-0.2, -0.15) is 0 Å². The van der Waals surface area contributed by atoms with Gasteiger partial charge in [-0.25, -0.2) is 4.98 Å². The predicted molar refractivity (Wildman–Crippen MR) is 87.0 cm³/mol. The zero-order valence-corrected chi connectivity index (χ0v) is 13.7. The summed E-state index contributed by atoms with van der Waals surface area (Å²) in [6.07, 6.45) is 0. The highest BCUT2D eigenvalue weighted by atomic mass is 35.5. The van der Waals surface area contributed by atoms with E-state index in [1.807, 2.05) is 13.0 Å². The molecule has 0 bridgehead atoms. The van der Waals surface area contributed by atoms with Gasteiger partial charge in [0, 0.05) is 6.54 Å². The van der Waals surface area contributed by atoms with Crippen LogP contribution in [0, 0.1) is 27.7 Å². The minimum atomic E-state index is 0.414. The van der Waals surface area contributed by atoms with E-state index in [2.05, 4.69) is 43.2 Å². The monoisotopic (exact) mass is 308 g/mol. The van der Waals surface area contributed by atoms with Crippen LogP contribution >= 0.6 is 23.2 Å². The first-order chi connectivity index (χ1) is 9.38. The molecule has 0 saturated heterocycles. The molecule has 0 fully saturated rings. The summed E-state index contributed by atoms with van der Waals surface area (Å²) >= 11 is 12.0. The van der Waals surface area contributed by atoms with E-state index in [0.29, 0.717) is 10.3 Å². The number of rotatable bonds is 3. The second kappa shape index (κ2) is 6.02. The Labute approximate surface area is 130 Å². The van der Waals surface area contributed by atoms with Gasteiger partial charge in [0.15, 0.2) is 5.15 Å². The topological polar surface area (TPSA) is 24.9 Å². The van der Waals surface area contributed by atoms with Gasteiger partial charge in [0.2, 0.25) is 0 Å². The molecule has 0 spiro atoms. The molecule has 0 aliphatic carbocycles. The Bertz CT molecular complexity index is 547. The van der Waals surface area contributed by atoms with E-state index in [9.17, 15) is 0 Å². The molecule has 2 rings (SSSR count). The first-order valence-electron chi connectivity index (χ1n) is 6.51. The second-order valence-electron chi connectivity index (χ2n) is 5.16.